The molecular weight excluding hydrogens is 265 g/mol. The lowest BCUT2D eigenvalue weighted by molar-refractivity contribution is 0.200. The summed E-state index contributed by atoms with van der Waals surface area (Å²) in [4.78, 5) is 13.7. The molecule has 1 heterocycles. The zero-order valence-corrected chi connectivity index (χ0v) is 11.3. The van der Waals surface area contributed by atoms with Crippen molar-refractivity contribution in [2.75, 3.05) is 18.4 Å². The highest BCUT2D eigenvalue weighted by Gasteiger charge is 2.19. The van der Waals surface area contributed by atoms with Crippen LogP contribution in [-0.4, -0.2) is 29.0 Å². The van der Waals surface area contributed by atoms with Crippen molar-refractivity contribution in [3.05, 3.63) is 29.6 Å². The van der Waals surface area contributed by atoms with Crippen molar-refractivity contribution in [1.82, 2.24) is 4.90 Å². The van der Waals surface area contributed by atoms with E-state index in [0.29, 0.717) is 5.69 Å². The van der Waals surface area contributed by atoms with E-state index >= 15 is 0 Å². The van der Waals surface area contributed by atoms with E-state index in [-0.39, 0.29) is 16.6 Å². The summed E-state index contributed by atoms with van der Waals surface area (Å²) in [5.41, 5.74) is 5.90. The smallest absolute Gasteiger partial charge is 0.321 e. The van der Waals surface area contributed by atoms with E-state index in [9.17, 15) is 9.18 Å². The predicted octanol–water partition coefficient (Wildman–Crippen LogP) is 2.48. The number of halogens is 1. The van der Waals surface area contributed by atoms with E-state index in [0.717, 1.165) is 32.4 Å². The SMILES string of the molecule is NC(=S)c1c(F)cccc1NC(=O)N1CCCCC1. The number of piperidine rings is 1. The first-order valence-electron chi connectivity index (χ1n) is 6.24. The minimum absolute atomic E-state index is 0.0629. The zero-order valence-electron chi connectivity index (χ0n) is 10.5. The van der Waals surface area contributed by atoms with Gasteiger partial charge in [-0.2, -0.15) is 0 Å². The van der Waals surface area contributed by atoms with Gasteiger partial charge in [0.25, 0.3) is 0 Å². The highest BCUT2D eigenvalue weighted by atomic mass is 32.1. The van der Waals surface area contributed by atoms with Crippen LogP contribution >= 0.6 is 12.2 Å². The molecule has 102 valence electrons. The summed E-state index contributed by atoms with van der Waals surface area (Å²) in [6.07, 6.45) is 3.14. The molecule has 0 spiro atoms. The Morgan fingerprint density at radius 3 is 2.63 bits per heavy atom. The molecule has 19 heavy (non-hydrogen) atoms. The van der Waals surface area contributed by atoms with Gasteiger partial charge < -0.3 is 16.0 Å². The predicted molar refractivity (Wildman–Crippen MR) is 76.7 cm³/mol. The molecule has 6 heteroatoms. The Balaban J connectivity index is 2.16. The van der Waals surface area contributed by atoms with Gasteiger partial charge in [-0.05, 0) is 31.4 Å². The molecule has 1 aromatic carbocycles. The van der Waals surface area contributed by atoms with Gasteiger partial charge in [0, 0.05) is 13.1 Å². The topological polar surface area (TPSA) is 58.4 Å². The number of rotatable bonds is 2. The van der Waals surface area contributed by atoms with Crippen molar-refractivity contribution in [1.29, 1.82) is 0 Å². The molecule has 3 N–H and O–H groups in total. The molecule has 0 aromatic heterocycles. The van der Waals surface area contributed by atoms with Crippen LogP contribution in [0.2, 0.25) is 0 Å². The second kappa shape index (κ2) is 5.97. The zero-order chi connectivity index (χ0) is 13.8. The average molecular weight is 281 g/mol. The maximum Gasteiger partial charge on any atom is 0.321 e. The molecule has 0 saturated carbocycles. The van der Waals surface area contributed by atoms with Crippen LogP contribution in [0.25, 0.3) is 0 Å². The maximum absolute atomic E-state index is 13.7. The number of carbonyl (C=O) groups is 1. The van der Waals surface area contributed by atoms with E-state index in [1.54, 1.807) is 11.0 Å². The molecule has 1 fully saturated rings. The van der Waals surface area contributed by atoms with Crippen molar-refractivity contribution in [2.45, 2.75) is 19.3 Å². The second-order valence-corrected chi connectivity index (χ2v) is 4.94. The number of amides is 2. The van der Waals surface area contributed by atoms with E-state index in [1.165, 1.54) is 12.1 Å². The van der Waals surface area contributed by atoms with E-state index < -0.39 is 5.82 Å². The third kappa shape index (κ3) is 3.20. The van der Waals surface area contributed by atoms with Gasteiger partial charge in [-0.1, -0.05) is 18.3 Å². The number of nitrogens with zero attached hydrogens (tertiary/aromatic N) is 1. The number of nitrogens with two attached hydrogens (primary N) is 1. The number of hydrogen-bond donors (Lipinski definition) is 2. The summed E-state index contributed by atoms with van der Waals surface area (Å²) in [5, 5.41) is 2.68. The van der Waals surface area contributed by atoms with Crippen LogP contribution in [0.1, 0.15) is 24.8 Å². The molecule has 1 aliphatic rings. The monoisotopic (exact) mass is 281 g/mol. The van der Waals surface area contributed by atoms with Gasteiger partial charge in [0.05, 0.1) is 11.3 Å². The Morgan fingerprint density at radius 2 is 2.00 bits per heavy atom. The minimum atomic E-state index is -0.524. The lowest BCUT2D eigenvalue weighted by Gasteiger charge is -2.27. The van der Waals surface area contributed by atoms with Gasteiger partial charge in [0.15, 0.2) is 0 Å². The largest absolute Gasteiger partial charge is 0.389 e. The van der Waals surface area contributed by atoms with E-state index in [1.807, 2.05) is 0 Å². The van der Waals surface area contributed by atoms with Crippen LogP contribution in [0.3, 0.4) is 0 Å². The Hall–Kier alpha value is -1.69. The van der Waals surface area contributed by atoms with Crippen molar-refractivity contribution in [3.63, 3.8) is 0 Å². The first-order chi connectivity index (χ1) is 9.09. The van der Waals surface area contributed by atoms with Crippen LogP contribution in [0.15, 0.2) is 18.2 Å². The number of anilines is 1. The van der Waals surface area contributed by atoms with Crippen LogP contribution < -0.4 is 11.1 Å². The second-order valence-electron chi connectivity index (χ2n) is 4.50. The summed E-state index contributed by atoms with van der Waals surface area (Å²) in [7, 11) is 0. The molecule has 2 rings (SSSR count). The number of nitrogens with one attached hydrogen (secondary N) is 1. The fourth-order valence-electron chi connectivity index (χ4n) is 2.17. The number of hydrogen-bond acceptors (Lipinski definition) is 2. The third-order valence-electron chi connectivity index (χ3n) is 3.14. The summed E-state index contributed by atoms with van der Waals surface area (Å²) < 4.78 is 13.7. The van der Waals surface area contributed by atoms with Gasteiger partial charge in [0.2, 0.25) is 0 Å². The van der Waals surface area contributed by atoms with Crippen molar-refractivity contribution in [3.8, 4) is 0 Å². The van der Waals surface area contributed by atoms with Gasteiger partial charge in [-0.25, -0.2) is 9.18 Å². The van der Waals surface area contributed by atoms with E-state index in [2.05, 4.69) is 5.32 Å². The first-order valence-corrected chi connectivity index (χ1v) is 6.64. The minimum Gasteiger partial charge on any atom is -0.389 e. The number of urea groups is 1. The number of thiocarbonyl (C=S) groups is 1. The van der Waals surface area contributed by atoms with Crippen molar-refractivity contribution >= 4 is 28.9 Å². The van der Waals surface area contributed by atoms with Gasteiger partial charge in [0.1, 0.15) is 10.8 Å². The normalized spacial score (nSPS) is 15.1. The Labute approximate surface area is 116 Å². The summed E-state index contributed by atoms with van der Waals surface area (Å²) >= 11 is 4.82. The highest BCUT2D eigenvalue weighted by molar-refractivity contribution is 7.80. The summed E-state index contributed by atoms with van der Waals surface area (Å²) in [6.45, 7) is 1.45. The lowest BCUT2D eigenvalue weighted by Crippen LogP contribution is -2.39. The first kappa shape index (κ1) is 13.7. The molecule has 1 aromatic rings. The standard InChI is InChI=1S/C13H16FN3OS/c14-9-5-4-6-10(11(9)12(15)19)16-13(18)17-7-2-1-3-8-17/h4-6H,1-3,7-8H2,(H2,15,19)(H,16,18). The van der Waals surface area contributed by atoms with Crippen molar-refractivity contribution < 1.29 is 9.18 Å². The van der Waals surface area contributed by atoms with Crippen LogP contribution in [0.4, 0.5) is 14.9 Å². The lowest BCUT2D eigenvalue weighted by atomic mass is 10.1. The fourth-order valence-corrected chi connectivity index (χ4v) is 2.38. The Bertz CT molecular complexity index is 501. The molecule has 0 unspecified atom stereocenters. The third-order valence-corrected chi connectivity index (χ3v) is 3.35. The van der Waals surface area contributed by atoms with Gasteiger partial charge in [-0.3, -0.25) is 0 Å². The van der Waals surface area contributed by atoms with Gasteiger partial charge in [-0.15, -0.1) is 0 Å². The molecule has 4 nitrogen and oxygen atoms in total. The average Bonchev–Trinajstić information content (AvgIpc) is 2.39. The van der Waals surface area contributed by atoms with E-state index in [4.69, 9.17) is 18.0 Å². The number of benzene rings is 1. The molecular formula is C13H16FN3OS. The molecule has 0 radical (unpaired) electrons. The number of carbonyl (C=O) groups excluding carboxylic acids is 1. The summed E-state index contributed by atoms with van der Waals surface area (Å²) in [5.74, 6) is -0.524. The van der Waals surface area contributed by atoms with Crippen LogP contribution in [-0.2, 0) is 0 Å². The molecule has 1 aliphatic heterocycles. The van der Waals surface area contributed by atoms with Gasteiger partial charge >= 0.3 is 6.03 Å². The highest BCUT2D eigenvalue weighted by Crippen LogP contribution is 2.20. The Kier molecular flexibility index (Phi) is 4.31. The molecule has 2 amide bonds. The quantitative estimate of drug-likeness (QED) is 0.819. The molecule has 0 aliphatic carbocycles. The fraction of sp³-hybridized carbons (Fsp3) is 0.385. The number of likely N-dealkylation sites (tertiary alicyclic amines) is 1. The molecule has 0 atom stereocenters. The maximum atomic E-state index is 13.7. The molecule has 0 bridgehead atoms. The van der Waals surface area contributed by atoms with Crippen LogP contribution in [0, 0.1) is 5.82 Å². The Morgan fingerprint density at radius 1 is 1.32 bits per heavy atom. The summed E-state index contributed by atoms with van der Waals surface area (Å²) in [6, 6.07) is 4.15. The molecule has 1 saturated heterocycles. The van der Waals surface area contributed by atoms with Crippen LogP contribution in [0.5, 0.6) is 0 Å². The van der Waals surface area contributed by atoms with Crippen molar-refractivity contribution in [2.24, 2.45) is 5.73 Å².